The van der Waals surface area contributed by atoms with E-state index in [0.717, 1.165) is 0 Å². The molecular weight excluding hydrogens is 192 g/mol. The van der Waals surface area contributed by atoms with Gasteiger partial charge < -0.3 is 0 Å². The van der Waals surface area contributed by atoms with Crippen molar-refractivity contribution >= 4 is 25.9 Å². The van der Waals surface area contributed by atoms with E-state index in [4.69, 9.17) is 0 Å². The lowest BCUT2D eigenvalue weighted by Gasteiger charge is -2.42. The van der Waals surface area contributed by atoms with Gasteiger partial charge in [0.15, 0.2) is 0 Å². The maximum atomic E-state index is 2.60. The molecule has 0 nitrogen and oxygen atoms in total. The molecule has 0 bridgehead atoms. The first-order valence-electron chi connectivity index (χ1n) is 5.07. The molecule has 0 amide bonds. The van der Waals surface area contributed by atoms with Crippen molar-refractivity contribution in [2.24, 2.45) is 0 Å². The van der Waals surface area contributed by atoms with Gasteiger partial charge in [0.25, 0.3) is 0 Å². The largest absolute Gasteiger partial charge is 0.0766 e. The van der Waals surface area contributed by atoms with E-state index in [1.54, 1.807) is 0 Å². The molecule has 0 aliphatic heterocycles. The highest BCUT2D eigenvalue weighted by Gasteiger charge is 2.38. The third kappa shape index (κ3) is 3.58. The molecule has 12 heavy (non-hydrogen) atoms. The zero-order valence-electron chi connectivity index (χ0n) is 10.2. The van der Waals surface area contributed by atoms with Crippen LogP contribution in [0.2, 0.25) is 16.6 Å². The van der Waals surface area contributed by atoms with Gasteiger partial charge in [-0.05, 0) is 19.8 Å². The number of rotatable bonds is 1. The lowest BCUT2D eigenvalue weighted by atomic mass is 10.2. The lowest BCUT2D eigenvalue weighted by Crippen LogP contribution is -2.47. The quantitative estimate of drug-likeness (QED) is 0.587. The minimum absolute atomic E-state index is 0.258. The van der Waals surface area contributed by atoms with Gasteiger partial charge in [0, 0.05) is 16.1 Å². The molecule has 0 aliphatic rings. The Morgan fingerprint density at radius 1 is 0.833 bits per heavy atom. The second kappa shape index (κ2) is 3.80. The van der Waals surface area contributed by atoms with E-state index in [1.165, 1.54) is 9.76 Å². The minimum Gasteiger partial charge on any atom is -0.0766 e. The Labute approximate surface area is 84.4 Å². The monoisotopic (exact) mass is 218 g/mol. The Morgan fingerprint density at radius 2 is 1.08 bits per heavy atom. The van der Waals surface area contributed by atoms with Crippen LogP contribution in [0.4, 0.5) is 0 Å². The first-order valence-corrected chi connectivity index (χ1v) is 14.7. The van der Waals surface area contributed by atoms with Crippen LogP contribution >= 0.6 is 0 Å². The van der Waals surface area contributed by atoms with E-state index in [2.05, 4.69) is 48.1 Å². The SMILES string of the molecule is C[SiH]([SiH3])[SiH](C(C)(C)C)C(C)(C)C. The van der Waals surface area contributed by atoms with E-state index < -0.39 is 8.31 Å². The summed E-state index contributed by atoms with van der Waals surface area (Å²) in [6, 6.07) is 0. The van der Waals surface area contributed by atoms with Gasteiger partial charge in [0.2, 0.25) is 0 Å². The van der Waals surface area contributed by atoms with Gasteiger partial charge >= 0.3 is 0 Å². The molecule has 0 radical (unpaired) electrons. The molecule has 74 valence electrons. The maximum absolute atomic E-state index is 2.60. The summed E-state index contributed by atoms with van der Waals surface area (Å²) in [5.41, 5.74) is 0. The molecule has 0 aromatic carbocycles. The Hall–Kier alpha value is 0.651. The van der Waals surface area contributed by atoms with Gasteiger partial charge in [-0.1, -0.05) is 48.1 Å². The van der Waals surface area contributed by atoms with Crippen LogP contribution in [-0.2, 0) is 0 Å². The molecule has 0 rings (SSSR count). The van der Waals surface area contributed by atoms with Gasteiger partial charge in [-0.25, -0.2) is 0 Å². The lowest BCUT2D eigenvalue weighted by molar-refractivity contribution is 0.659. The van der Waals surface area contributed by atoms with Crippen LogP contribution in [0, 0.1) is 0 Å². The second-order valence-electron chi connectivity index (χ2n) is 6.45. The van der Waals surface area contributed by atoms with Crippen molar-refractivity contribution in [1.29, 1.82) is 0 Å². The molecule has 0 saturated heterocycles. The summed E-state index contributed by atoms with van der Waals surface area (Å²) < 4.78 is 0. The van der Waals surface area contributed by atoms with Crippen LogP contribution in [-0.4, -0.2) is 25.9 Å². The van der Waals surface area contributed by atoms with E-state index in [9.17, 15) is 0 Å². The third-order valence-electron chi connectivity index (χ3n) is 2.53. The summed E-state index contributed by atoms with van der Waals surface area (Å²) in [5.74, 6) is 0. The predicted octanol–water partition coefficient (Wildman–Crippen LogP) is 1.61. The van der Waals surface area contributed by atoms with Gasteiger partial charge in [0.05, 0.1) is 0 Å². The Kier molecular flexibility index (Phi) is 4.01. The van der Waals surface area contributed by atoms with E-state index in [-0.39, 0.29) is 7.83 Å². The molecular formula is C9H26Si3. The molecule has 0 aromatic heterocycles. The van der Waals surface area contributed by atoms with Crippen molar-refractivity contribution in [2.45, 2.75) is 58.2 Å². The van der Waals surface area contributed by atoms with Crippen LogP contribution < -0.4 is 0 Å². The fourth-order valence-electron chi connectivity index (χ4n) is 3.30. The average molecular weight is 219 g/mol. The van der Waals surface area contributed by atoms with Crippen molar-refractivity contribution in [1.82, 2.24) is 0 Å². The van der Waals surface area contributed by atoms with E-state index >= 15 is 0 Å². The fraction of sp³-hybridized carbons (Fsp3) is 1.00. The van der Waals surface area contributed by atoms with E-state index in [0.29, 0.717) is 10.1 Å². The summed E-state index contributed by atoms with van der Waals surface area (Å²) in [5, 5.41) is 1.32. The third-order valence-corrected chi connectivity index (χ3v) is 23.6. The molecule has 0 spiro atoms. The van der Waals surface area contributed by atoms with Crippen molar-refractivity contribution in [3.63, 3.8) is 0 Å². The van der Waals surface area contributed by atoms with Crippen LogP contribution in [0.15, 0.2) is 0 Å². The van der Waals surface area contributed by atoms with Crippen molar-refractivity contribution in [3.8, 4) is 0 Å². The van der Waals surface area contributed by atoms with E-state index in [1.807, 2.05) is 0 Å². The molecule has 0 aromatic rings. The van der Waals surface area contributed by atoms with Crippen molar-refractivity contribution in [3.05, 3.63) is 0 Å². The molecule has 0 N–H and O–H groups in total. The van der Waals surface area contributed by atoms with Crippen LogP contribution in [0.1, 0.15) is 41.5 Å². The Balaban J connectivity index is 4.70. The summed E-state index contributed by atoms with van der Waals surface area (Å²) >= 11 is 0. The van der Waals surface area contributed by atoms with Crippen molar-refractivity contribution in [2.75, 3.05) is 0 Å². The zero-order valence-corrected chi connectivity index (χ0v) is 14.5. The first-order chi connectivity index (χ1) is 5.07. The predicted molar refractivity (Wildman–Crippen MR) is 69.5 cm³/mol. The van der Waals surface area contributed by atoms with Gasteiger partial charge in [-0.2, -0.15) is 0 Å². The number of hydrogen-bond donors (Lipinski definition) is 0. The smallest absolute Gasteiger partial charge is 0.0359 e. The van der Waals surface area contributed by atoms with Gasteiger partial charge in [-0.3, -0.25) is 0 Å². The Bertz CT molecular complexity index is 125. The summed E-state index contributed by atoms with van der Waals surface area (Å²) in [6.45, 7) is 17.4. The van der Waals surface area contributed by atoms with Crippen LogP contribution in [0.5, 0.6) is 0 Å². The zero-order chi connectivity index (χ0) is 10.2. The maximum Gasteiger partial charge on any atom is 0.0359 e. The number of hydrogen-bond acceptors (Lipinski definition) is 0. The highest BCUT2D eigenvalue weighted by Crippen LogP contribution is 2.42. The standard InChI is InChI=1S/C9H26Si3/c1-8(2,3)12(11(7)10)9(4,5)6/h11-12H,1-7,10H3. The fourth-order valence-corrected chi connectivity index (χ4v) is 39.9. The normalized spacial score (nSPS) is 17.0. The van der Waals surface area contributed by atoms with Crippen molar-refractivity contribution < 1.29 is 0 Å². The molecule has 1 atom stereocenters. The topological polar surface area (TPSA) is 0 Å². The highest BCUT2D eigenvalue weighted by molar-refractivity contribution is 7.42. The average Bonchev–Trinajstić information content (AvgIpc) is 1.49. The molecule has 0 aliphatic carbocycles. The summed E-state index contributed by atoms with van der Waals surface area (Å²) in [6.07, 6.45) is 0. The molecule has 1 unspecified atom stereocenters. The molecule has 0 saturated carbocycles. The van der Waals surface area contributed by atoms with Gasteiger partial charge in [0.1, 0.15) is 0 Å². The summed E-state index contributed by atoms with van der Waals surface area (Å²) in [4.78, 5) is 0. The molecule has 0 heterocycles. The van der Waals surface area contributed by atoms with Crippen LogP contribution in [0.25, 0.3) is 0 Å². The second-order valence-corrected chi connectivity index (χ2v) is 28.8. The molecule has 3 heteroatoms. The molecule has 0 fully saturated rings. The van der Waals surface area contributed by atoms with Crippen LogP contribution in [0.3, 0.4) is 0 Å². The Morgan fingerprint density at radius 3 is 1.08 bits per heavy atom. The van der Waals surface area contributed by atoms with Gasteiger partial charge in [-0.15, -0.1) is 0 Å². The minimum atomic E-state index is -0.483. The first kappa shape index (κ1) is 12.7. The summed E-state index contributed by atoms with van der Waals surface area (Å²) in [7, 11) is 0.774. The highest BCUT2D eigenvalue weighted by atomic mass is 29.6.